The van der Waals surface area contributed by atoms with Crippen LogP contribution in [0, 0.1) is 0 Å². The van der Waals surface area contributed by atoms with Gasteiger partial charge in [-0.3, -0.25) is 4.68 Å². The molecule has 0 spiro atoms. The van der Waals surface area contributed by atoms with Gasteiger partial charge in [0.2, 0.25) is 10.0 Å². The fraction of sp³-hybridized carbons (Fsp3) is 0.400. The van der Waals surface area contributed by atoms with Gasteiger partial charge in [-0.15, -0.1) is 12.4 Å². The predicted molar refractivity (Wildman–Crippen MR) is 91.4 cm³/mol. The molecular formula is C15H18ClF3N4O2S. The minimum absolute atomic E-state index is 0. The molecular weight excluding hydrogens is 393 g/mol. The Morgan fingerprint density at radius 3 is 2.46 bits per heavy atom. The van der Waals surface area contributed by atoms with E-state index in [0.717, 1.165) is 18.0 Å². The second kappa shape index (κ2) is 7.55. The van der Waals surface area contributed by atoms with E-state index in [-0.39, 0.29) is 42.4 Å². The molecule has 3 rings (SSSR count). The molecule has 1 aliphatic heterocycles. The van der Waals surface area contributed by atoms with Crippen LogP contribution in [0.15, 0.2) is 47.6 Å². The summed E-state index contributed by atoms with van der Waals surface area (Å²) in [5.41, 5.74) is 7.02. The van der Waals surface area contributed by atoms with Crippen LogP contribution in [0.1, 0.15) is 11.5 Å². The standard InChI is InChI=1S/C15H17F3N4O2S.ClH/c16-15(17,18)10-21-7-12(6-20-21)25(23,24)22-8-13(14(19)9-22)11-4-2-1-3-5-11;/h1-7,13-14H,8-10,19H2;1H/t13-,14+;/m0./s1. The summed E-state index contributed by atoms with van der Waals surface area (Å²) in [5, 5.41) is 3.50. The fourth-order valence-corrected chi connectivity index (χ4v) is 4.40. The number of benzene rings is 1. The molecule has 2 heterocycles. The molecule has 0 unspecified atom stereocenters. The SMILES string of the molecule is Cl.N[C@@H]1CN(S(=O)(=O)c2cnn(CC(F)(F)F)c2)C[C@H]1c1ccccc1. The Hall–Kier alpha value is -1.62. The molecule has 0 radical (unpaired) electrons. The maximum atomic E-state index is 12.7. The maximum absolute atomic E-state index is 12.7. The third kappa shape index (κ3) is 4.37. The van der Waals surface area contributed by atoms with Crippen LogP contribution in [0.3, 0.4) is 0 Å². The number of hydrogen-bond acceptors (Lipinski definition) is 4. The zero-order valence-electron chi connectivity index (χ0n) is 13.5. The van der Waals surface area contributed by atoms with Crippen LogP contribution in [-0.2, 0) is 16.6 Å². The van der Waals surface area contributed by atoms with E-state index in [4.69, 9.17) is 5.73 Å². The molecule has 1 aromatic carbocycles. The van der Waals surface area contributed by atoms with Crippen molar-refractivity contribution in [1.82, 2.24) is 14.1 Å². The Balaban J connectivity index is 0.00000243. The quantitative estimate of drug-likeness (QED) is 0.835. The zero-order valence-corrected chi connectivity index (χ0v) is 15.1. The van der Waals surface area contributed by atoms with Crippen LogP contribution in [0.4, 0.5) is 13.2 Å². The number of halogens is 4. The third-order valence-electron chi connectivity index (χ3n) is 4.15. The average molecular weight is 411 g/mol. The first-order valence-electron chi connectivity index (χ1n) is 7.57. The molecule has 2 aromatic rings. The Kier molecular flexibility index (Phi) is 6.01. The van der Waals surface area contributed by atoms with Crippen LogP contribution < -0.4 is 5.73 Å². The van der Waals surface area contributed by atoms with Crippen LogP contribution in [0.25, 0.3) is 0 Å². The molecule has 1 aliphatic rings. The van der Waals surface area contributed by atoms with Crippen molar-refractivity contribution in [2.45, 2.75) is 29.6 Å². The number of nitrogens with two attached hydrogens (primary N) is 1. The molecule has 1 aromatic heterocycles. The minimum Gasteiger partial charge on any atom is -0.326 e. The number of sulfonamides is 1. The number of rotatable bonds is 4. The van der Waals surface area contributed by atoms with Gasteiger partial charge in [0, 0.05) is 31.2 Å². The van der Waals surface area contributed by atoms with Gasteiger partial charge in [0.05, 0.1) is 6.20 Å². The van der Waals surface area contributed by atoms with Gasteiger partial charge in [-0.25, -0.2) is 8.42 Å². The summed E-state index contributed by atoms with van der Waals surface area (Å²) >= 11 is 0. The molecule has 0 amide bonds. The summed E-state index contributed by atoms with van der Waals surface area (Å²) in [4.78, 5) is -0.266. The van der Waals surface area contributed by atoms with Gasteiger partial charge in [-0.05, 0) is 5.56 Å². The molecule has 1 saturated heterocycles. The number of hydrogen-bond donors (Lipinski definition) is 1. The van der Waals surface area contributed by atoms with Crippen molar-refractivity contribution in [2.75, 3.05) is 13.1 Å². The Morgan fingerprint density at radius 1 is 1.19 bits per heavy atom. The normalized spacial score (nSPS) is 21.5. The van der Waals surface area contributed by atoms with Crippen molar-refractivity contribution in [3.05, 3.63) is 48.3 Å². The Labute approximate surface area is 155 Å². The van der Waals surface area contributed by atoms with Gasteiger partial charge in [0.1, 0.15) is 11.4 Å². The molecule has 0 bridgehead atoms. The largest absolute Gasteiger partial charge is 0.408 e. The van der Waals surface area contributed by atoms with E-state index in [0.29, 0.717) is 4.68 Å². The maximum Gasteiger partial charge on any atom is 0.408 e. The molecule has 26 heavy (non-hydrogen) atoms. The lowest BCUT2D eigenvalue weighted by molar-refractivity contribution is -0.142. The predicted octanol–water partition coefficient (Wildman–Crippen LogP) is 1.98. The highest BCUT2D eigenvalue weighted by molar-refractivity contribution is 7.89. The van der Waals surface area contributed by atoms with Gasteiger partial charge >= 0.3 is 6.18 Å². The monoisotopic (exact) mass is 410 g/mol. The van der Waals surface area contributed by atoms with Crippen molar-refractivity contribution >= 4 is 22.4 Å². The van der Waals surface area contributed by atoms with Gasteiger partial charge in [0.25, 0.3) is 0 Å². The van der Waals surface area contributed by atoms with E-state index in [1.54, 1.807) is 0 Å². The summed E-state index contributed by atoms with van der Waals surface area (Å²) in [6, 6.07) is 8.92. The van der Waals surface area contributed by atoms with E-state index in [9.17, 15) is 21.6 Å². The fourth-order valence-electron chi connectivity index (χ4n) is 2.94. The third-order valence-corrected chi connectivity index (χ3v) is 5.93. The van der Waals surface area contributed by atoms with Gasteiger partial charge in [0.15, 0.2) is 0 Å². The van der Waals surface area contributed by atoms with Crippen LogP contribution >= 0.6 is 12.4 Å². The van der Waals surface area contributed by atoms with Crippen LogP contribution in [0.5, 0.6) is 0 Å². The molecule has 11 heteroatoms. The lowest BCUT2D eigenvalue weighted by Crippen LogP contribution is -2.32. The van der Waals surface area contributed by atoms with E-state index >= 15 is 0 Å². The smallest absolute Gasteiger partial charge is 0.326 e. The Morgan fingerprint density at radius 2 is 1.85 bits per heavy atom. The van der Waals surface area contributed by atoms with Crippen molar-refractivity contribution in [2.24, 2.45) is 5.73 Å². The summed E-state index contributed by atoms with van der Waals surface area (Å²) in [5.74, 6) is -0.166. The van der Waals surface area contributed by atoms with Gasteiger partial charge < -0.3 is 5.73 Å². The molecule has 2 atom stereocenters. The highest BCUT2D eigenvalue weighted by atomic mass is 35.5. The lowest BCUT2D eigenvalue weighted by Gasteiger charge is -2.15. The molecule has 144 valence electrons. The van der Waals surface area contributed by atoms with Crippen molar-refractivity contribution < 1.29 is 21.6 Å². The van der Waals surface area contributed by atoms with Crippen LogP contribution in [0.2, 0.25) is 0 Å². The summed E-state index contributed by atoms with van der Waals surface area (Å²) in [6.45, 7) is -1.06. The first kappa shape index (κ1) is 20.7. The van der Waals surface area contributed by atoms with Crippen molar-refractivity contribution in [3.63, 3.8) is 0 Å². The second-order valence-electron chi connectivity index (χ2n) is 5.99. The average Bonchev–Trinajstić information content (AvgIpc) is 3.14. The molecule has 0 aliphatic carbocycles. The molecule has 0 saturated carbocycles. The number of alkyl halides is 3. The van der Waals surface area contributed by atoms with Crippen LogP contribution in [-0.4, -0.2) is 47.8 Å². The van der Waals surface area contributed by atoms with E-state index in [1.807, 2.05) is 30.3 Å². The number of aromatic nitrogens is 2. The first-order chi connectivity index (χ1) is 11.7. The molecule has 2 N–H and O–H groups in total. The summed E-state index contributed by atoms with van der Waals surface area (Å²) in [6.07, 6.45) is -2.64. The highest BCUT2D eigenvalue weighted by Crippen LogP contribution is 2.30. The van der Waals surface area contributed by atoms with E-state index in [2.05, 4.69) is 5.10 Å². The highest BCUT2D eigenvalue weighted by Gasteiger charge is 2.39. The second-order valence-corrected chi connectivity index (χ2v) is 7.93. The number of nitrogens with zero attached hydrogens (tertiary/aromatic N) is 3. The van der Waals surface area contributed by atoms with E-state index < -0.39 is 22.7 Å². The zero-order chi connectivity index (χ0) is 18.2. The topological polar surface area (TPSA) is 81.2 Å². The van der Waals surface area contributed by atoms with Gasteiger partial charge in [-0.1, -0.05) is 30.3 Å². The minimum atomic E-state index is -4.47. The van der Waals surface area contributed by atoms with Gasteiger partial charge in [-0.2, -0.15) is 22.6 Å². The van der Waals surface area contributed by atoms with Crippen molar-refractivity contribution in [3.8, 4) is 0 Å². The molecule has 1 fully saturated rings. The van der Waals surface area contributed by atoms with E-state index in [1.165, 1.54) is 4.31 Å². The molecule has 6 nitrogen and oxygen atoms in total. The van der Waals surface area contributed by atoms with Crippen molar-refractivity contribution in [1.29, 1.82) is 0 Å². The summed E-state index contributed by atoms with van der Waals surface area (Å²) in [7, 11) is -3.94. The lowest BCUT2D eigenvalue weighted by atomic mass is 9.95. The Bertz CT molecular complexity index is 842. The summed E-state index contributed by atoms with van der Waals surface area (Å²) < 4.78 is 64.3. The first-order valence-corrected chi connectivity index (χ1v) is 9.01.